The maximum atomic E-state index is 12.0. The summed E-state index contributed by atoms with van der Waals surface area (Å²) in [7, 11) is 0. The molecule has 1 atom stereocenters. The van der Waals surface area contributed by atoms with Gasteiger partial charge in [-0.15, -0.1) is 0 Å². The molecule has 1 aliphatic rings. The fourth-order valence-corrected chi connectivity index (χ4v) is 2.69. The van der Waals surface area contributed by atoms with E-state index in [1.807, 2.05) is 34.6 Å². The van der Waals surface area contributed by atoms with Crippen LogP contribution in [0.3, 0.4) is 0 Å². The Balaban J connectivity index is 0.00000225. The number of hydrogen-bond donors (Lipinski definition) is 0. The van der Waals surface area contributed by atoms with E-state index in [0.717, 1.165) is 5.25 Å². The zero-order valence-corrected chi connectivity index (χ0v) is 14.2. The predicted octanol–water partition coefficient (Wildman–Crippen LogP) is 2.21. The molecule has 5 heteroatoms. The molecule has 1 aliphatic heterocycles. The summed E-state index contributed by atoms with van der Waals surface area (Å²) < 4.78 is 0. The number of amides is 2. The summed E-state index contributed by atoms with van der Waals surface area (Å²) in [6.07, 6.45) is 0.339. The molecule has 1 unspecified atom stereocenters. The molecule has 16 heavy (non-hydrogen) atoms. The number of hydrogen-bond acceptors (Lipinski definition) is 3. The normalized spacial score (nSPS) is 21.6. The van der Waals surface area contributed by atoms with Crippen LogP contribution in [0.2, 0.25) is 0 Å². The second-order valence-electron chi connectivity index (χ2n) is 4.96. The van der Waals surface area contributed by atoms with Gasteiger partial charge in [-0.2, -0.15) is 13.8 Å². The van der Waals surface area contributed by atoms with Gasteiger partial charge in [-0.25, -0.2) is 0 Å². The average Bonchev–Trinajstić information content (AvgIpc) is 2.23. The molecule has 0 aromatic carbocycles. The Labute approximate surface area is 127 Å². The van der Waals surface area contributed by atoms with E-state index < -0.39 is 5.54 Å². The summed E-state index contributed by atoms with van der Waals surface area (Å²) >= 11 is 1.50. The molecule has 0 aromatic heterocycles. The molecule has 0 aliphatic carbocycles. The van der Waals surface area contributed by atoms with E-state index in [2.05, 4.69) is 0 Å². The first-order chi connectivity index (χ1) is 6.73. The molecule has 0 bridgehead atoms. The largest absolute Gasteiger partial charge is 0.336 e. The topological polar surface area (TPSA) is 37.4 Å². The fraction of sp³-hybridized carbons (Fsp3) is 0.727. The van der Waals surface area contributed by atoms with Crippen molar-refractivity contribution in [2.75, 3.05) is 0 Å². The first kappa shape index (κ1) is 16.6. The monoisotopic (exact) mass is 317 g/mol. The van der Waals surface area contributed by atoms with Crippen LogP contribution in [0, 0.1) is 5.25 Å². The maximum absolute atomic E-state index is 12.0. The maximum Gasteiger partial charge on any atom is 0.240 e. The SMILES string of the molecule is C[C-](C)SC1CC(=O)N(C(C)(C)C)C1=O.[Y]. The van der Waals surface area contributed by atoms with Crippen molar-refractivity contribution < 1.29 is 42.3 Å². The molecule has 0 spiro atoms. The molecule has 1 fully saturated rings. The Morgan fingerprint density at radius 1 is 1.31 bits per heavy atom. The number of likely N-dealkylation sites (tertiary alicyclic amines) is 1. The Morgan fingerprint density at radius 2 is 1.81 bits per heavy atom. The Hall–Kier alpha value is 0.594. The van der Waals surface area contributed by atoms with Gasteiger partial charge in [-0.1, -0.05) is 0 Å². The van der Waals surface area contributed by atoms with Gasteiger partial charge in [0.2, 0.25) is 11.8 Å². The molecule has 1 rings (SSSR count). The van der Waals surface area contributed by atoms with Gasteiger partial charge < -0.3 is 11.8 Å². The predicted molar refractivity (Wildman–Crippen MR) is 62.2 cm³/mol. The molecule has 2 amide bonds. The number of carbonyl (C=O) groups is 2. The first-order valence-electron chi connectivity index (χ1n) is 5.07. The number of thioether (sulfide) groups is 1. The molecule has 1 heterocycles. The van der Waals surface area contributed by atoms with Gasteiger partial charge in [0.1, 0.15) is 0 Å². The van der Waals surface area contributed by atoms with Crippen molar-refractivity contribution in [2.24, 2.45) is 0 Å². The first-order valence-corrected chi connectivity index (χ1v) is 5.95. The van der Waals surface area contributed by atoms with E-state index >= 15 is 0 Å². The smallest absolute Gasteiger partial charge is 0.240 e. The van der Waals surface area contributed by atoms with Gasteiger partial charge in [-0.05, 0) is 20.8 Å². The van der Waals surface area contributed by atoms with E-state index in [9.17, 15) is 9.59 Å². The van der Waals surface area contributed by atoms with Crippen LogP contribution < -0.4 is 0 Å². The molecule has 89 valence electrons. The van der Waals surface area contributed by atoms with Crippen molar-refractivity contribution in [1.29, 1.82) is 0 Å². The summed E-state index contributed by atoms with van der Waals surface area (Å²) in [5.41, 5.74) is -0.398. The van der Waals surface area contributed by atoms with Crippen molar-refractivity contribution in [3.8, 4) is 0 Å². The molecule has 0 aromatic rings. The van der Waals surface area contributed by atoms with E-state index in [4.69, 9.17) is 0 Å². The van der Waals surface area contributed by atoms with Gasteiger partial charge in [0.15, 0.2) is 0 Å². The summed E-state index contributed by atoms with van der Waals surface area (Å²) in [6.45, 7) is 9.58. The van der Waals surface area contributed by atoms with E-state index in [0.29, 0.717) is 6.42 Å². The van der Waals surface area contributed by atoms with Crippen molar-refractivity contribution in [1.82, 2.24) is 4.90 Å². The Bertz CT molecular complexity index is 286. The van der Waals surface area contributed by atoms with Crippen LogP contribution in [0.5, 0.6) is 0 Å². The van der Waals surface area contributed by atoms with Gasteiger partial charge in [0.05, 0.1) is 5.25 Å². The van der Waals surface area contributed by atoms with Gasteiger partial charge in [0, 0.05) is 44.7 Å². The van der Waals surface area contributed by atoms with E-state index in [1.54, 1.807) is 0 Å². The minimum atomic E-state index is -0.398. The molecular weight excluding hydrogens is 299 g/mol. The van der Waals surface area contributed by atoms with Gasteiger partial charge >= 0.3 is 0 Å². The number of nitrogens with zero attached hydrogens (tertiary/aromatic N) is 1. The van der Waals surface area contributed by atoms with Gasteiger partial charge in [0.25, 0.3) is 0 Å². The van der Waals surface area contributed by atoms with Crippen LogP contribution in [0.25, 0.3) is 0 Å². The average molecular weight is 317 g/mol. The Morgan fingerprint density at radius 3 is 2.12 bits per heavy atom. The number of imide groups is 1. The molecule has 3 nitrogen and oxygen atoms in total. The van der Waals surface area contributed by atoms with Crippen LogP contribution in [-0.2, 0) is 42.3 Å². The second-order valence-corrected chi connectivity index (χ2v) is 6.58. The van der Waals surface area contributed by atoms with Gasteiger partial charge in [-0.3, -0.25) is 19.7 Å². The molecule has 1 radical (unpaired) electrons. The summed E-state index contributed by atoms with van der Waals surface area (Å²) in [4.78, 5) is 25.1. The minimum absolute atomic E-state index is 0. The van der Waals surface area contributed by atoms with Crippen molar-refractivity contribution in [3.63, 3.8) is 0 Å². The van der Waals surface area contributed by atoms with Crippen molar-refractivity contribution in [2.45, 2.75) is 51.8 Å². The van der Waals surface area contributed by atoms with Crippen LogP contribution in [0.4, 0.5) is 0 Å². The van der Waals surface area contributed by atoms with Crippen molar-refractivity contribution in [3.05, 3.63) is 5.25 Å². The standard InChI is InChI=1S/C11H18NO2S.Y/c1-7(2)15-8-6-9(13)12(10(8)14)11(3,4)5;/h8H,6H2,1-5H3;/q-1;. The number of carbonyl (C=O) groups excluding carboxylic acids is 2. The van der Waals surface area contributed by atoms with Crippen LogP contribution in [0.1, 0.15) is 41.0 Å². The van der Waals surface area contributed by atoms with Crippen LogP contribution in [-0.4, -0.2) is 27.5 Å². The number of rotatable bonds is 2. The Kier molecular flexibility index (Phi) is 6.19. The summed E-state index contributed by atoms with van der Waals surface area (Å²) in [5, 5.41) is 0.915. The third-order valence-electron chi connectivity index (χ3n) is 2.15. The molecule has 0 saturated carbocycles. The molecular formula is C11H18NO2SY-. The van der Waals surface area contributed by atoms with Crippen LogP contribution in [0.15, 0.2) is 0 Å². The van der Waals surface area contributed by atoms with E-state index in [1.165, 1.54) is 16.7 Å². The summed E-state index contributed by atoms with van der Waals surface area (Å²) in [5.74, 6) is -0.0926. The summed E-state index contributed by atoms with van der Waals surface area (Å²) in [6, 6.07) is 0. The zero-order chi connectivity index (χ0) is 11.8. The third-order valence-corrected chi connectivity index (χ3v) is 3.28. The zero-order valence-electron chi connectivity index (χ0n) is 10.5. The fourth-order valence-electron chi connectivity index (χ4n) is 1.69. The van der Waals surface area contributed by atoms with E-state index in [-0.39, 0.29) is 49.8 Å². The van der Waals surface area contributed by atoms with Crippen LogP contribution >= 0.6 is 11.8 Å². The molecule has 0 N–H and O–H groups in total. The second kappa shape index (κ2) is 5.97. The molecule has 1 saturated heterocycles. The van der Waals surface area contributed by atoms with Crippen molar-refractivity contribution >= 4 is 23.6 Å². The quantitative estimate of drug-likeness (QED) is 0.579. The minimum Gasteiger partial charge on any atom is -0.336 e. The third kappa shape index (κ3) is 3.81.